The summed E-state index contributed by atoms with van der Waals surface area (Å²) >= 11 is 0. The van der Waals surface area contributed by atoms with E-state index in [1.807, 2.05) is 31.2 Å². The fourth-order valence-electron chi connectivity index (χ4n) is 4.02. The van der Waals surface area contributed by atoms with Crippen molar-refractivity contribution in [2.75, 3.05) is 26.4 Å². The molecule has 1 aliphatic carbocycles. The van der Waals surface area contributed by atoms with Crippen LogP contribution in [0.1, 0.15) is 69.4 Å². The molecular weight excluding hydrogens is 562 g/mol. The zero-order valence-corrected chi connectivity index (χ0v) is 27.7. The fraction of sp³-hybridized carbons (Fsp3) is 0.607. The van der Waals surface area contributed by atoms with Crippen molar-refractivity contribution in [1.82, 2.24) is 5.32 Å². The standard InChI is InChI=1S/C28H40N2O7.Rb/c1-21(19-31)7-4-5-14-29-28(35)37-16-6-15-36-20-27(34)30-18-23-12-10-22(11-13-23)17-26(33)24-8-2-3-9-25(24)32;/h10-13,19,21,24H,2-9,14-18,20H2,1H3,(H2,29,30,34,35);/q;+1/p-1. The van der Waals surface area contributed by atoms with Gasteiger partial charge in [-0.2, -0.15) is 0 Å². The first-order valence-corrected chi connectivity index (χ1v) is 13.2. The molecule has 0 bridgehead atoms. The Morgan fingerprint density at radius 1 is 1.08 bits per heavy atom. The monoisotopic (exact) mass is 600 g/mol. The Kier molecular flexibility index (Phi) is 18.9. The van der Waals surface area contributed by atoms with Crippen LogP contribution in [-0.2, 0) is 41.6 Å². The summed E-state index contributed by atoms with van der Waals surface area (Å²) < 4.78 is 10.3. The van der Waals surface area contributed by atoms with Gasteiger partial charge in [-0.3, -0.25) is 9.59 Å². The molecular formula is C28H39N2O7Rb. The van der Waals surface area contributed by atoms with Gasteiger partial charge in [-0.15, -0.1) is 6.54 Å². The number of unbranched alkanes of at least 4 members (excludes halogenated alkanes) is 1. The van der Waals surface area contributed by atoms with Crippen LogP contribution in [0.2, 0.25) is 0 Å². The second kappa shape index (κ2) is 20.6. The molecule has 0 aromatic heterocycles. The van der Waals surface area contributed by atoms with Gasteiger partial charge in [-0.25, -0.2) is 4.79 Å². The normalized spacial score (nSPS) is 15.6. The maximum atomic E-state index is 12.4. The van der Waals surface area contributed by atoms with Crippen molar-refractivity contribution in [2.45, 2.75) is 71.3 Å². The minimum absolute atomic E-state index is 0. The Labute approximate surface area is 274 Å². The van der Waals surface area contributed by atoms with Crippen molar-refractivity contribution in [3.63, 3.8) is 0 Å². The molecule has 2 rings (SSSR count). The predicted octanol–water partition coefficient (Wildman–Crippen LogP) is 1.10. The second-order valence-electron chi connectivity index (χ2n) is 9.51. The van der Waals surface area contributed by atoms with E-state index < -0.39 is 12.0 Å². The van der Waals surface area contributed by atoms with E-state index in [2.05, 4.69) is 10.6 Å². The quantitative estimate of drug-likeness (QED) is 0.161. The summed E-state index contributed by atoms with van der Waals surface area (Å²) in [5.41, 5.74) is 1.69. The summed E-state index contributed by atoms with van der Waals surface area (Å²) in [6, 6.07) is 7.33. The Balaban J connectivity index is 0.00000722. The molecule has 0 radical (unpaired) electrons. The molecule has 1 fully saturated rings. The molecule has 2 amide bonds. The summed E-state index contributed by atoms with van der Waals surface area (Å²) in [5, 5.41) is 6.64. The number of hydrogen-bond donors (Lipinski definition) is 1. The minimum atomic E-state index is -0.493. The van der Waals surface area contributed by atoms with Gasteiger partial charge in [0.25, 0.3) is 0 Å². The number of Topliss-reactive ketones (excluding diaryl/α,β-unsaturated/α-hetero) is 2. The van der Waals surface area contributed by atoms with Crippen LogP contribution < -0.4 is 63.5 Å². The van der Waals surface area contributed by atoms with Gasteiger partial charge in [0.15, 0.2) is 0 Å². The number of carbonyl (C=O) groups excluding carboxylic acids is 5. The van der Waals surface area contributed by atoms with E-state index in [1.165, 1.54) is 0 Å². The number of nitrogens with one attached hydrogen (secondary N) is 1. The fourth-order valence-corrected chi connectivity index (χ4v) is 4.02. The smallest absolute Gasteiger partial charge is 0.648 e. The molecule has 0 saturated heterocycles. The number of ketones is 2. The maximum Gasteiger partial charge on any atom is 1.00 e. The summed E-state index contributed by atoms with van der Waals surface area (Å²) in [4.78, 5) is 58.4. The van der Waals surface area contributed by atoms with Gasteiger partial charge < -0.3 is 29.7 Å². The topological polar surface area (TPSA) is 130 Å². The number of alkyl carbamates (subject to hydrolysis) is 1. The first-order chi connectivity index (χ1) is 17.9. The Bertz CT molecular complexity index is 892. The van der Waals surface area contributed by atoms with Crippen LogP contribution in [-0.4, -0.2) is 56.2 Å². The zero-order valence-electron chi connectivity index (χ0n) is 22.7. The van der Waals surface area contributed by atoms with Crippen LogP contribution in [0.3, 0.4) is 0 Å². The first kappa shape index (κ1) is 34.8. The Morgan fingerprint density at radius 3 is 2.53 bits per heavy atom. The van der Waals surface area contributed by atoms with Gasteiger partial charge in [-0.1, -0.05) is 49.6 Å². The number of nitrogens with zero attached hydrogens (tertiary/aromatic N) is 1. The van der Waals surface area contributed by atoms with Gasteiger partial charge in [-0.05, 0) is 31.2 Å². The molecule has 9 nitrogen and oxygen atoms in total. The van der Waals surface area contributed by atoms with Crippen molar-refractivity contribution < 1.29 is 91.6 Å². The van der Waals surface area contributed by atoms with Crippen LogP contribution in [0, 0.1) is 11.8 Å². The van der Waals surface area contributed by atoms with Crippen LogP contribution in [0.5, 0.6) is 0 Å². The number of rotatable bonds is 17. The van der Waals surface area contributed by atoms with Gasteiger partial charge in [0.1, 0.15) is 17.9 Å². The number of aldehydes is 1. The van der Waals surface area contributed by atoms with Crippen LogP contribution in [0.25, 0.3) is 5.32 Å². The van der Waals surface area contributed by atoms with Crippen molar-refractivity contribution in [1.29, 1.82) is 0 Å². The summed E-state index contributed by atoms with van der Waals surface area (Å²) in [6.45, 7) is 2.89. The molecule has 1 saturated carbocycles. The van der Waals surface area contributed by atoms with Crippen molar-refractivity contribution in [2.24, 2.45) is 11.8 Å². The Morgan fingerprint density at radius 2 is 1.82 bits per heavy atom. The average molecular weight is 601 g/mol. The number of amides is 2. The third-order valence-corrected chi connectivity index (χ3v) is 6.26. The van der Waals surface area contributed by atoms with E-state index in [-0.39, 0.29) is 114 Å². The van der Waals surface area contributed by atoms with E-state index in [0.29, 0.717) is 25.8 Å². The van der Waals surface area contributed by atoms with Gasteiger partial charge in [0.2, 0.25) is 0 Å². The van der Waals surface area contributed by atoms with Gasteiger partial charge >= 0.3 is 64.3 Å². The van der Waals surface area contributed by atoms with E-state index in [9.17, 15) is 24.0 Å². The molecule has 0 heterocycles. The summed E-state index contributed by atoms with van der Waals surface area (Å²) in [5.74, 6) is -0.740. The van der Waals surface area contributed by atoms with Crippen molar-refractivity contribution >= 4 is 29.9 Å². The molecule has 1 aliphatic rings. The molecule has 204 valence electrons. The van der Waals surface area contributed by atoms with Crippen molar-refractivity contribution in [3.05, 3.63) is 40.7 Å². The number of benzene rings is 1. The van der Waals surface area contributed by atoms with E-state index in [1.54, 1.807) is 0 Å². The molecule has 1 N–H and O–H groups in total. The molecule has 10 heteroatoms. The van der Waals surface area contributed by atoms with Crippen LogP contribution in [0.4, 0.5) is 4.79 Å². The molecule has 0 aliphatic heterocycles. The molecule has 38 heavy (non-hydrogen) atoms. The van der Waals surface area contributed by atoms with Crippen molar-refractivity contribution in [3.8, 4) is 0 Å². The molecule has 2 unspecified atom stereocenters. The molecule has 1 aromatic carbocycles. The predicted molar refractivity (Wildman–Crippen MR) is 138 cm³/mol. The van der Waals surface area contributed by atoms with E-state index in [0.717, 1.165) is 49.5 Å². The number of carbonyl (C=O) groups is 5. The SMILES string of the molecule is CC(C=O)CCCCNC(=O)OCCCOCC(=O)[N-]Cc1ccc(CC(=O)C2CCCCC2=O)cc1.[Rb+]. The minimum Gasteiger partial charge on any atom is -0.648 e. The molecule has 2 atom stereocenters. The summed E-state index contributed by atoms with van der Waals surface area (Å²) in [7, 11) is 0. The third kappa shape index (κ3) is 14.8. The second-order valence-corrected chi connectivity index (χ2v) is 9.51. The summed E-state index contributed by atoms with van der Waals surface area (Å²) in [6.07, 6.45) is 6.57. The van der Waals surface area contributed by atoms with Gasteiger partial charge in [0.05, 0.1) is 31.6 Å². The van der Waals surface area contributed by atoms with E-state index >= 15 is 0 Å². The number of hydrogen-bond acceptors (Lipinski definition) is 7. The zero-order chi connectivity index (χ0) is 26.9. The molecule has 1 aromatic rings. The Hall–Kier alpha value is -1.26. The van der Waals surface area contributed by atoms with Gasteiger partial charge in [0, 0.05) is 31.7 Å². The number of ether oxygens (including phenoxy) is 2. The average Bonchev–Trinajstić information content (AvgIpc) is 2.90. The maximum absolute atomic E-state index is 12.4. The largest absolute Gasteiger partial charge is 1.00 e. The molecule has 0 spiro atoms. The van der Waals surface area contributed by atoms with Crippen LogP contribution >= 0.6 is 0 Å². The third-order valence-electron chi connectivity index (χ3n) is 6.26. The first-order valence-electron chi connectivity index (χ1n) is 13.2. The van der Waals surface area contributed by atoms with E-state index in [4.69, 9.17) is 9.47 Å². The van der Waals surface area contributed by atoms with Crippen LogP contribution in [0.15, 0.2) is 24.3 Å².